The van der Waals surface area contributed by atoms with E-state index in [0.29, 0.717) is 5.56 Å². The van der Waals surface area contributed by atoms with E-state index in [1.165, 1.54) is 13.3 Å². The van der Waals surface area contributed by atoms with Crippen molar-refractivity contribution in [2.45, 2.75) is 0 Å². The van der Waals surface area contributed by atoms with Gasteiger partial charge in [0.25, 0.3) is 0 Å². The van der Waals surface area contributed by atoms with E-state index >= 15 is 0 Å². The molecule has 0 aliphatic rings. The second-order valence-electron chi connectivity index (χ2n) is 2.90. The lowest BCUT2D eigenvalue weighted by atomic mass is 10.2. The Hall–Kier alpha value is -1.68. The minimum Gasteiger partial charge on any atom is -0.465 e. The van der Waals surface area contributed by atoms with Gasteiger partial charge >= 0.3 is 5.97 Å². The SMILES string of the molecule is COC(=O)c1ccc(-c2cccs2)nc1. The number of hydrogen-bond donors (Lipinski definition) is 0. The van der Waals surface area contributed by atoms with Crippen molar-refractivity contribution in [2.75, 3.05) is 7.11 Å². The van der Waals surface area contributed by atoms with Crippen LogP contribution in [0.2, 0.25) is 0 Å². The second kappa shape index (κ2) is 4.23. The van der Waals surface area contributed by atoms with Gasteiger partial charge in [-0.25, -0.2) is 4.79 Å². The van der Waals surface area contributed by atoms with Gasteiger partial charge in [0.05, 0.1) is 23.2 Å². The van der Waals surface area contributed by atoms with Crippen molar-refractivity contribution in [3.05, 3.63) is 41.4 Å². The Morgan fingerprint density at radius 3 is 2.80 bits per heavy atom. The number of aromatic nitrogens is 1. The molecule has 0 aliphatic carbocycles. The van der Waals surface area contributed by atoms with Crippen LogP contribution in [-0.2, 0) is 4.74 Å². The summed E-state index contributed by atoms with van der Waals surface area (Å²) in [5.74, 6) is -0.361. The average Bonchev–Trinajstić information content (AvgIpc) is 2.82. The summed E-state index contributed by atoms with van der Waals surface area (Å²) in [7, 11) is 1.36. The van der Waals surface area contributed by atoms with Gasteiger partial charge < -0.3 is 4.74 Å². The summed E-state index contributed by atoms with van der Waals surface area (Å²) < 4.78 is 4.59. The molecule has 0 radical (unpaired) electrons. The molecule has 0 fully saturated rings. The van der Waals surface area contributed by atoms with Gasteiger partial charge in [0.1, 0.15) is 0 Å². The lowest BCUT2D eigenvalue weighted by Gasteiger charge is -1.99. The summed E-state index contributed by atoms with van der Waals surface area (Å²) in [4.78, 5) is 16.4. The largest absolute Gasteiger partial charge is 0.465 e. The molecule has 2 heterocycles. The van der Waals surface area contributed by atoms with Gasteiger partial charge in [-0.05, 0) is 23.6 Å². The van der Waals surface area contributed by atoms with Crippen LogP contribution >= 0.6 is 11.3 Å². The Balaban J connectivity index is 2.29. The molecule has 3 nitrogen and oxygen atoms in total. The highest BCUT2D eigenvalue weighted by Crippen LogP contribution is 2.22. The Bertz CT molecular complexity index is 448. The number of rotatable bonds is 2. The highest BCUT2D eigenvalue weighted by molar-refractivity contribution is 7.13. The predicted octanol–water partition coefficient (Wildman–Crippen LogP) is 2.60. The van der Waals surface area contributed by atoms with Gasteiger partial charge in [-0.2, -0.15) is 0 Å². The first-order valence-corrected chi connectivity index (χ1v) is 5.27. The van der Waals surface area contributed by atoms with Crippen LogP contribution in [0.4, 0.5) is 0 Å². The van der Waals surface area contributed by atoms with Crippen LogP contribution in [0, 0.1) is 0 Å². The molecule has 0 saturated carbocycles. The number of ether oxygens (including phenoxy) is 1. The van der Waals surface area contributed by atoms with Crippen LogP contribution in [0.5, 0.6) is 0 Å². The second-order valence-corrected chi connectivity index (χ2v) is 3.85. The lowest BCUT2D eigenvalue weighted by Crippen LogP contribution is -2.01. The number of pyridine rings is 1. The van der Waals surface area contributed by atoms with E-state index in [0.717, 1.165) is 10.6 Å². The summed E-state index contributed by atoms with van der Waals surface area (Å²) in [5, 5.41) is 1.99. The standard InChI is InChI=1S/C11H9NO2S/c1-14-11(13)8-4-5-9(12-7-8)10-3-2-6-15-10/h2-7H,1H3. The van der Waals surface area contributed by atoms with E-state index in [1.807, 2.05) is 23.6 Å². The molecule has 4 heteroatoms. The minimum atomic E-state index is -0.361. The van der Waals surface area contributed by atoms with Crippen molar-refractivity contribution in [1.29, 1.82) is 0 Å². The zero-order valence-corrected chi connectivity index (χ0v) is 8.95. The zero-order chi connectivity index (χ0) is 10.7. The lowest BCUT2D eigenvalue weighted by molar-refractivity contribution is 0.0600. The number of thiophene rings is 1. The normalized spacial score (nSPS) is 9.93. The molecule has 0 N–H and O–H groups in total. The van der Waals surface area contributed by atoms with Gasteiger partial charge in [-0.1, -0.05) is 6.07 Å². The molecule has 0 spiro atoms. The quantitative estimate of drug-likeness (QED) is 0.729. The predicted molar refractivity (Wildman–Crippen MR) is 58.9 cm³/mol. The molecule has 0 bridgehead atoms. The van der Waals surface area contributed by atoms with Crippen LogP contribution in [0.3, 0.4) is 0 Å². The highest BCUT2D eigenvalue weighted by Gasteiger charge is 2.06. The van der Waals surface area contributed by atoms with Gasteiger partial charge in [-0.3, -0.25) is 4.98 Å². The smallest absolute Gasteiger partial charge is 0.339 e. The van der Waals surface area contributed by atoms with E-state index in [4.69, 9.17) is 0 Å². The monoisotopic (exact) mass is 219 g/mol. The van der Waals surface area contributed by atoms with Crippen LogP contribution < -0.4 is 0 Å². The minimum absolute atomic E-state index is 0.361. The van der Waals surface area contributed by atoms with E-state index in [1.54, 1.807) is 17.4 Å². The summed E-state index contributed by atoms with van der Waals surface area (Å²) in [5.41, 5.74) is 1.34. The molecule has 76 valence electrons. The van der Waals surface area contributed by atoms with Crippen molar-refractivity contribution < 1.29 is 9.53 Å². The van der Waals surface area contributed by atoms with Crippen LogP contribution in [0.15, 0.2) is 35.8 Å². The third-order valence-electron chi connectivity index (χ3n) is 1.96. The molecule has 0 aliphatic heterocycles. The summed E-state index contributed by atoms with van der Waals surface area (Å²) in [6, 6.07) is 7.49. The fourth-order valence-electron chi connectivity index (χ4n) is 1.20. The van der Waals surface area contributed by atoms with Crippen LogP contribution in [-0.4, -0.2) is 18.1 Å². The van der Waals surface area contributed by atoms with Crippen molar-refractivity contribution in [3.63, 3.8) is 0 Å². The zero-order valence-electron chi connectivity index (χ0n) is 8.14. The molecule has 0 atom stereocenters. The van der Waals surface area contributed by atoms with Crippen LogP contribution in [0.25, 0.3) is 10.6 Å². The number of nitrogens with zero attached hydrogens (tertiary/aromatic N) is 1. The van der Waals surface area contributed by atoms with E-state index < -0.39 is 0 Å². The van der Waals surface area contributed by atoms with Crippen molar-refractivity contribution in [2.24, 2.45) is 0 Å². The number of carbonyl (C=O) groups excluding carboxylic acids is 1. The van der Waals surface area contributed by atoms with E-state index in [-0.39, 0.29) is 5.97 Å². The Kier molecular flexibility index (Phi) is 2.78. The molecule has 2 rings (SSSR count). The Labute approximate surface area is 91.4 Å². The Morgan fingerprint density at radius 1 is 1.40 bits per heavy atom. The summed E-state index contributed by atoms with van der Waals surface area (Å²) >= 11 is 1.62. The molecule has 0 amide bonds. The van der Waals surface area contributed by atoms with Gasteiger partial charge in [0.15, 0.2) is 0 Å². The van der Waals surface area contributed by atoms with E-state index in [9.17, 15) is 4.79 Å². The number of carbonyl (C=O) groups is 1. The first-order chi connectivity index (χ1) is 7.31. The maximum Gasteiger partial charge on any atom is 0.339 e. The maximum atomic E-state index is 11.2. The number of esters is 1. The summed E-state index contributed by atoms with van der Waals surface area (Å²) in [6.07, 6.45) is 1.53. The maximum absolute atomic E-state index is 11.2. The summed E-state index contributed by atoms with van der Waals surface area (Å²) in [6.45, 7) is 0. The molecule has 2 aromatic heterocycles. The Morgan fingerprint density at radius 2 is 2.27 bits per heavy atom. The highest BCUT2D eigenvalue weighted by atomic mass is 32.1. The van der Waals surface area contributed by atoms with E-state index in [2.05, 4.69) is 9.72 Å². The van der Waals surface area contributed by atoms with Gasteiger partial charge in [-0.15, -0.1) is 11.3 Å². The third kappa shape index (κ3) is 2.05. The first kappa shape index (κ1) is 9.86. The first-order valence-electron chi connectivity index (χ1n) is 4.39. The fourth-order valence-corrected chi connectivity index (χ4v) is 1.90. The molecular formula is C11H9NO2S. The van der Waals surface area contributed by atoms with Crippen molar-refractivity contribution in [1.82, 2.24) is 4.98 Å². The molecule has 2 aromatic rings. The molecular weight excluding hydrogens is 210 g/mol. The molecule has 0 unspecified atom stereocenters. The number of hydrogen-bond acceptors (Lipinski definition) is 4. The fraction of sp³-hybridized carbons (Fsp3) is 0.0909. The van der Waals surface area contributed by atoms with Crippen molar-refractivity contribution in [3.8, 4) is 10.6 Å². The van der Waals surface area contributed by atoms with Gasteiger partial charge in [0.2, 0.25) is 0 Å². The van der Waals surface area contributed by atoms with Crippen LogP contribution in [0.1, 0.15) is 10.4 Å². The third-order valence-corrected chi connectivity index (χ3v) is 2.85. The molecule has 0 saturated heterocycles. The van der Waals surface area contributed by atoms with Gasteiger partial charge in [0, 0.05) is 6.20 Å². The topological polar surface area (TPSA) is 39.2 Å². The molecule has 15 heavy (non-hydrogen) atoms. The van der Waals surface area contributed by atoms with Crippen molar-refractivity contribution >= 4 is 17.3 Å². The number of methoxy groups -OCH3 is 1. The molecule has 0 aromatic carbocycles. The average molecular weight is 219 g/mol.